The third-order valence-electron chi connectivity index (χ3n) is 6.68. The Hall–Kier alpha value is -1.99. The third kappa shape index (κ3) is 4.83. The highest BCUT2D eigenvalue weighted by Crippen LogP contribution is 2.38. The Balaban J connectivity index is 1.66. The van der Waals surface area contributed by atoms with E-state index in [0.29, 0.717) is 23.8 Å². The van der Waals surface area contributed by atoms with Crippen LogP contribution in [0.15, 0.2) is 12.4 Å². The highest BCUT2D eigenvalue weighted by Gasteiger charge is 2.26. The van der Waals surface area contributed by atoms with Crippen molar-refractivity contribution in [1.82, 2.24) is 19.9 Å². The summed E-state index contributed by atoms with van der Waals surface area (Å²) >= 11 is 0. The van der Waals surface area contributed by atoms with Crippen molar-refractivity contribution in [3.63, 3.8) is 0 Å². The van der Waals surface area contributed by atoms with Crippen LogP contribution in [0.4, 0.5) is 5.95 Å². The summed E-state index contributed by atoms with van der Waals surface area (Å²) < 4.78 is 6.34. The minimum absolute atomic E-state index is 0.176. The van der Waals surface area contributed by atoms with E-state index in [1.165, 1.54) is 0 Å². The van der Waals surface area contributed by atoms with Crippen LogP contribution in [0.25, 0.3) is 10.9 Å². The molecular formula is C23H35N5O2. The lowest BCUT2D eigenvalue weighted by Crippen LogP contribution is -2.35. The number of hydrogen-bond donors (Lipinski definition) is 2. The van der Waals surface area contributed by atoms with Crippen molar-refractivity contribution in [1.29, 1.82) is 0 Å². The first-order chi connectivity index (χ1) is 14.5. The van der Waals surface area contributed by atoms with Crippen molar-refractivity contribution < 1.29 is 9.84 Å². The van der Waals surface area contributed by atoms with Crippen LogP contribution >= 0.6 is 0 Å². The maximum Gasteiger partial charge on any atom is 0.224 e. The number of hydrogen-bond acceptors (Lipinski definition) is 7. The van der Waals surface area contributed by atoms with Crippen LogP contribution < -0.4 is 10.1 Å². The number of aliphatic hydroxyl groups excluding tert-OH is 1. The fraction of sp³-hybridized carbons (Fsp3) is 0.696. The molecule has 0 spiro atoms. The first-order valence-corrected chi connectivity index (χ1v) is 11.5. The maximum absolute atomic E-state index is 9.93. The standard InChI is InChI=1S/C23H35N5O2/c1-4-15(2)26-23-25-14-20-21(27-23)19(16-5-7-17(29)8-6-16)13-24-22(20)30-18-9-11-28(3)12-10-18/h13-18,29H,4-12H2,1-3H3,(H,25,26,27)/t15-,16-,17-/m1/s1. The van der Waals surface area contributed by atoms with E-state index >= 15 is 0 Å². The predicted molar refractivity (Wildman–Crippen MR) is 119 cm³/mol. The number of nitrogens with one attached hydrogen (secondary N) is 1. The van der Waals surface area contributed by atoms with Crippen molar-refractivity contribution in [2.24, 2.45) is 0 Å². The first-order valence-electron chi connectivity index (χ1n) is 11.5. The molecule has 164 valence electrons. The lowest BCUT2D eigenvalue weighted by Gasteiger charge is -2.30. The molecule has 4 rings (SSSR count). The number of aliphatic hydroxyl groups is 1. The molecule has 2 N–H and O–H groups in total. The van der Waals surface area contributed by atoms with Gasteiger partial charge in [0, 0.05) is 37.1 Å². The molecule has 7 nitrogen and oxygen atoms in total. The van der Waals surface area contributed by atoms with Gasteiger partial charge >= 0.3 is 0 Å². The summed E-state index contributed by atoms with van der Waals surface area (Å²) in [7, 11) is 2.15. The molecule has 2 fully saturated rings. The Kier molecular flexibility index (Phi) is 6.68. The van der Waals surface area contributed by atoms with E-state index in [4.69, 9.17) is 14.7 Å². The summed E-state index contributed by atoms with van der Waals surface area (Å²) in [5, 5.41) is 14.2. The number of anilines is 1. The smallest absolute Gasteiger partial charge is 0.224 e. The number of nitrogens with zero attached hydrogens (tertiary/aromatic N) is 4. The predicted octanol–water partition coefficient (Wildman–Crippen LogP) is 3.73. The van der Waals surface area contributed by atoms with Crippen molar-refractivity contribution in [2.75, 3.05) is 25.5 Å². The van der Waals surface area contributed by atoms with Crippen LogP contribution in [0.1, 0.15) is 70.3 Å². The highest BCUT2D eigenvalue weighted by molar-refractivity contribution is 5.86. The summed E-state index contributed by atoms with van der Waals surface area (Å²) in [4.78, 5) is 16.5. The number of rotatable bonds is 6. The number of ether oxygens (including phenoxy) is 1. The van der Waals surface area contributed by atoms with Gasteiger partial charge in [-0.3, -0.25) is 0 Å². The van der Waals surface area contributed by atoms with Gasteiger partial charge in [0.2, 0.25) is 11.8 Å². The highest BCUT2D eigenvalue weighted by atomic mass is 16.5. The molecule has 1 saturated heterocycles. The minimum atomic E-state index is -0.176. The molecule has 2 aliphatic rings. The van der Waals surface area contributed by atoms with Gasteiger partial charge in [0.15, 0.2) is 0 Å². The second-order valence-corrected chi connectivity index (χ2v) is 9.05. The molecule has 7 heteroatoms. The summed E-state index contributed by atoms with van der Waals surface area (Å²) in [6, 6.07) is 0.313. The molecule has 2 aromatic heterocycles. The Morgan fingerprint density at radius 2 is 1.87 bits per heavy atom. The molecule has 0 unspecified atom stereocenters. The molecule has 0 aromatic carbocycles. The Bertz CT molecular complexity index is 845. The molecule has 0 radical (unpaired) electrons. The molecule has 30 heavy (non-hydrogen) atoms. The molecule has 1 aliphatic heterocycles. The van der Waals surface area contributed by atoms with Gasteiger partial charge in [-0.05, 0) is 64.8 Å². The number of likely N-dealkylation sites (tertiary alicyclic amines) is 1. The summed E-state index contributed by atoms with van der Waals surface area (Å²) in [6.45, 7) is 6.38. The average Bonchev–Trinajstić information content (AvgIpc) is 2.76. The number of piperidine rings is 1. The van der Waals surface area contributed by atoms with E-state index in [1.54, 1.807) is 0 Å². The SMILES string of the molecule is CC[C@@H](C)Nc1ncc2c(OC3CCN(C)CC3)ncc([C@H]3CC[C@H](O)CC3)c2n1. The Morgan fingerprint density at radius 3 is 2.57 bits per heavy atom. The number of aromatic nitrogens is 3. The van der Waals surface area contributed by atoms with Crippen LogP contribution in [-0.2, 0) is 0 Å². The van der Waals surface area contributed by atoms with Gasteiger partial charge in [-0.2, -0.15) is 0 Å². The molecule has 3 heterocycles. The zero-order valence-corrected chi connectivity index (χ0v) is 18.5. The molecule has 0 amide bonds. The zero-order valence-electron chi connectivity index (χ0n) is 18.5. The van der Waals surface area contributed by atoms with Crippen LogP contribution in [0, 0.1) is 0 Å². The maximum atomic E-state index is 9.93. The molecule has 1 saturated carbocycles. The van der Waals surface area contributed by atoms with Gasteiger partial charge in [0.1, 0.15) is 6.10 Å². The van der Waals surface area contributed by atoms with Crippen molar-refractivity contribution in [3.05, 3.63) is 18.0 Å². The van der Waals surface area contributed by atoms with E-state index in [-0.39, 0.29) is 12.2 Å². The van der Waals surface area contributed by atoms with Crippen molar-refractivity contribution >= 4 is 16.9 Å². The largest absolute Gasteiger partial charge is 0.474 e. The van der Waals surface area contributed by atoms with Crippen LogP contribution in [0.2, 0.25) is 0 Å². The van der Waals surface area contributed by atoms with Crippen molar-refractivity contribution in [3.8, 4) is 5.88 Å². The fourth-order valence-electron chi connectivity index (χ4n) is 4.45. The van der Waals surface area contributed by atoms with E-state index in [0.717, 1.165) is 74.5 Å². The van der Waals surface area contributed by atoms with Crippen LogP contribution in [0.3, 0.4) is 0 Å². The first kappa shape index (κ1) is 21.2. The van der Waals surface area contributed by atoms with Gasteiger partial charge in [0.05, 0.1) is 17.0 Å². The van der Waals surface area contributed by atoms with E-state index in [2.05, 4.69) is 36.1 Å². The second-order valence-electron chi connectivity index (χ2n) is 9.05. The Morgan fingerprint density at radius 1 is 1.13 bits per heavy atom. The van der Waals surface area contributed by atoms with Gasteiger partial charge in [-0.1, -0.05) is 6.92 Å². The monoisotopic (exact) mass is 413 g/mol. The molecule has 0 bridgehead atoms. The molecule has 1 aliphatic carbocycles. The molecule has 2 aromatic rings. The lowest BCUT2D eigenvalue weighted by molar-refractivity contribution is 0.111. The lowest BCUT2D eigenvalue weighted by atomic mass is 9.83. The fourth-order valence-corrected chi connectivity index (χ4v) is 4.45. The van der Waals surface area contributed by atoms with Gasteiger partial charge in [-0.25, -0.2) is 15.0 Å². The van der Waals surface area contributed by atoms with Gasteiger partial charge in [-0.15, -0.1) is 0 Å². The minimum Gasteiger partial charge on any atom is -0.474 e. The topological polar surface area (TPSA) is 83.4 Å². The molecular weight excluding hydrogens is 378 g/mol. The summed E-state index contributed by atoms with van der Waals surface area (Å²) in [5.41, 5.74) is 2.09. The van der Waals surface area contributed by atoms with E-state index in [1.807, 2.05) is 12.4 Å². The number of fused-ring (bicyclic) bond motifs is 1. The molecule has 1 atom stereocenters. The van der Waals surface area contributed by atoms with Crippen LogP contribution in [-0.4, -0.2) is 63.3 Å². The second kappa shape index (κ2) is 9.43. The van der Waals surface area contributed by atoms with E-state index in [9.17, 15) is 5.11 Å². The van der Waals surface area contributed by atoms with Crippen LogP contribution in [0.5, 0.6) is 5.88 Å². The summed E-state index contributed by atoms with van der Waals surface area (Å²) in [6.07, 6.45) is 10.5. The Labute approximate surface area is 179 Å². The average molecular weight is 414 g/mol. The van der Waals surface area contributed by atoms with E-state index < -0.39 is 0 Å². The quantitative estimate of drug-likeness (QED) is 0.746. The van der Waals surface area contributed by atoms with Gasteiger partial charge < -0.3 is 20.1 Å². The third-order valence-corrected chi connectivity index (χ3v) is 6.68. The normalized spacial score (nSPS) is 24.7. The van der Waals surface area contributed by atoms with Gasteiger partial charge in [0.25, 0.3) is 0 Å². The number of pyridine rings is 1. The summed E-state index contributed by atoms with van der Waals surface area (Å²) in [5.74, 6) is 1.67. The zero-order chi connectivity index (χ0) is 21.1. The van der Waals surface area contributed by atoms with Crippen molar-refractivity contribution in [2.45, 2.75) is 83.0 Å².